The summed E-state index contributed by atoms with van der Waals surface area (Å²) in [4.78, 5) is 25.2. The number of carboxylic acid groups (broad SMARTS) is 1. The smallest absolute Gasteiger partial charge is 0.317 e. The fourth-order valence-corrected chi connectivity index (χ4v) is 2.79. The summed E-state index contributed by atoms with van der Waals surface area (Å²) in [6, 6.07) is 7.12. The van der Waals surface area contributed by atoms with E-state index in [1.165, 1.54) is 0 Å². The number of aliphatic carboxylic acids is 1. The Hall–Kier alpha value is -2.24. The van der Waals surface area contributed by atoms with Gasteiger partial charge in [0.05, 0.1) is 18.1 Å². The van der Waals surface area contributed by atoms with Crippen LogP contribution in [0, 0.1) is 5.41 Å². The first kappa shape index (κ1) is 17.1. The van der Waals surface area contributed by atoms with E-state index in [0.29, 0.717) is 19.6 Å². The van der Waals surface area contributed by atoms with Crippen LogP contribution >= 0.6 is 0 Å². The van der Waals surface area contributed by atoms with Crippen LogP contribution in [0.3, 0.4) is 0 Å². The number of para-hydroxylation sites is 1. The fourth-order valence-electron chi connectivity index (χ4n) is 2.79. The number of benzene rings is 1. The van der Waals surface area contributed by atoms with Gasteiger partial charge >= 0.3 is 12.0 Å². The third-order valence-electron chi connectivity index (χ3n) is 4.30. The van der Waals surface area contributed by atoms with Gasteiger partial charge in [0.1, 0.15) is 5.75 Å². The summed E-state index contributed by atoms with van der Waals surface area (Å²) in [5.41, 5.74) is 0.0481. The SMILES string of the molecule is CCOc1ccccc1C(C)NC(=O)N1CCC(C)(C(=O)O)C1. The summed E-state index contributed by atoms with van der Waals surface area (Å²) >= 11 is 0. The molecule has 0 spiro atoms. The lowest BCUT2D eigenvalue weighted by Crippen LogP contribution is -2.41. The number of nitrogens with zero attached hydrogens (tertiary/aromatic N) is 1. The predicted octanol–water partition coefficient (Wildman–Crippen LogP) is 2.65. The molecule has 1 aromatic carbocycles. The summed E-state index contributed by atoms with van der Waals surface area (Å²) in [7, 11) is 0. The molecule has 1 fully saturated rings. The number of ether oxygens (including phenoxy) is 1. The molecule has 23 heavy (non-hydrogen) atoms. The molecular formula is C17H24N2O4. The van der Waals surface area contributed by atoms with E-state index in [0.717, 1.165) is 11.3 Å². The van der Waals surface area contributed by atoms with Crippen LogP contribution in [0.4, 0.5) is 4.79 Å². The minimum absolute atomic E-state index is 0.220. The van der Waals surface area contributed by atoms with Gasteiger partial charge in [0.2, 0.25) is 0 Å². The number of amides is 2. The maximum atomic E-state index is 12.4. The van der Waals surface area contributed by atoms with Crippen molar-refractivity contribution in [2.45, 2.75) is 33.2 Å². The Morgan fingerprint density at radius 2 is 2.13 bits per heavy atom. The molecule has 0 saturated carbocycles. The van der Waals surface area contributed by atoms with E-state index in [1.54, 1.807) is 11.8 Å². The van der Waals surface area contributed by atoms with Crippen molar-refractivity contribution in [2.24, 2.45) is 5.41 Å². The van der Waals surface area contributed by atoms with E-state index in [2.05, 4.69) is 5.32 Å². The van der Waals surface area contributed by atoms with Gasteiger partial charge in [0, 0.05) is 18.7 Å². The van der Waals surface area contributed by atoms with E-state index in [9.17, 15) is 14.7 Å². The average Bonchev–Trinajstić information content (AvgIpc) is 2.92. The predicted molar refractivity (Wildman–Crippen MR) is 86.5 cm³/mol. The van der Waals surface area contributed by atoms with Crippen LogP contribution in [-0.4, -0.2) is 41.7 Å². The molecule has 2 atom stereocenters. The number of carboxylic acids is 1. The lowest BCUT2D eigenvalue weighted by atomic mass is 9.90. The second-order valence-corrected chi connectivity index (χ2v) is 6.18. The number of rotatable bonds is 5. The highest BCUT2D eigenvalue weighted by Gasteiger charge is 2.42. The van der Waals surface area contributed by atoms with Crippen molar-refractivity contribution in [2.75, 3.05) is 19.7 Å². The van der Waals surface area contributed by atoms with E-state index >= 15 is 0 Å². The molecule has 0 bridgehead atoms. The molecule has 2 N–H and O–H groups in total. The molecule has 0 aliphatic carbocycles. The highest BCUT2D eigenvalue weighted by molar-refractivity contribution is 5.79. The number of nitrogens with one attached hydrogen (secondary N) is 1. The molecule has 2 amide bonds. The molecule has 1 aliphatic heterocycles. The van der Waals surface area contributed by atoms with Gasteiger partial charge in [-0.15, -0.1) is 0 Å². The van der Waals surface area contributed by atoms with Crippen molar-refractivity contribution in [3.63, 3.8) is 0 Å². The number of urea groups is 1. The van der Waals surface area contributed by atoms with Crippen LogP contribution in [0.5, 0.6) is 5.75 Å². The number of hydrogen-bond donors (Lipinski definition) is 2. The zero-order valence-corrected chi connectivity index (χ0v) is 13.8. The van der Waals surface area contributed by atoms with Gasteiger partial charge in [-0.05, 0) is 33.3 Å². The number of carbonyl (C=O) groups is 2. The Morgan fingerprint density at radius 3 is 2.74 bits per heavy atom. The maximum Gasteiger partial charge on any atom is 0.317 e. The second kappa shape index (κ2) is 6.89. The third-order valence-corrected chi connectivity index (χ3v) is 4.30. The molecule has 126 valence electrons. The van der Waals surface area contributed by atoms with Crippen molar-refractivity contribution in [1.29, 1.82) is 0 Å². The van der Waals surface area contributed by atoms with Gasteiger partial charge in [-0.1, -0.05) is 18.2 Å². The van der Waals surface area contributed by atoms with E-state index < -0.39 is 11.4 Å². The van der Waals surface area contributed by atoms with Crippen LogP contribution in [0.1, 0.15) is 38.8 Å². The van der Waals surface area contributed by atoms with Crippen molar-refractivity contribution < 1.29 is 19.4 Å². The van der Waals surface area contributed by atoms with E-state index in [4.69, 9.17) is 4.74 Å². The number of carbonyl (C=O) groups excluding carboxylic acids is 1. The summed E-state index contributed by atoms with van der Waals surface area (Å²) in [5.74, 6) is -0.109. The summed E-state index contributed by atoms with van der Waals surface area (Å²) in [5, 5.41) is 12.2. The monoisotopic (exact) mass is 320 g/mol. The van der Waals surface area contributed by atoms with Crippen LogP contribution in [-0.2, 0) is 4.79 Å². The lowest BCUT2D eigenvalue weighted by Gasteiger charge is -2.24. The molecule has 2 unspecified atom stereocenters. The van der Waals surface area contributed by atoms with Crippen LogP contribution in [0.25, 0.3) is 0 Å². The largest absolute Gasteiger partial charge is 0.494 e. The Balaban J connectivity index is 2.02. The standard InChI is InChI=1S/C17H24N2O4/c1-4-23-14-8-6-5-7-13(14)12(2)18-16(22)19-10-9-17(3,11-19)15(20)21/h5-8,12H,4,9-11H2,1-3H3,(H,18,22)(H,20,21). The minimum Gasteiger partial charge on any atom is -0.494 e. The van der Waals surface area contributed by atoms with Gasteiger partial charge in [-0.2, -0.15) is 0 Å². The van der Waals surface area contributed by atoms with Gasteiger partial charge in [-0.25, -0.2) is 4.79 Å². The Morgan fingerprint density at radius 1 is 1.43 bits per heavy atom. The van der Waals surface area contributed by atoms with Gasteiger partial charge in [0.25, 0.3) is 0 Å². The molecule has 1 saturated heterocycles. The van der Waals surface area contributed by atoms with Crippen molar-refractivity contribution >= 4 is 12.0 Å². The van der Waals surface area contributed by atoms with Crippen molar-refractivity contribution in [1.82, 2.24) is 10.2 Å². The topological polar surface area (TPSA) is 78.9 Å². The Labute approximate surface area is 136 Å². The first-order valence-corrected chi connectivity index (χ1v) is 7.88. The zero-order chi connectivity index (χ0) is 17.0. The minimum atomic E-state index is -0.859. The molecule has 1 aliphatic rings. The summed E-state index contributed by atoms with van der Waals surface area (Å²) in [6.45, 7) is 6.72. The average molecular weight is 320 g/mol. The normalized spacial score (nSPS) is 21.8. The molecule has 2 rings (SSSR count). The van der Waals surface area contributed by atoms with Gasteiger partial charge in [0.15, 0.2) is 0 Å². The molecular weight excluding hydrogens is 296 g/mol. The highest BCUT2D eigenvalue weighted by Crippen LogP contribution is 2.31. The second-order valence-electron chi connectivity index (χ2n) is 6.18. The number of hydrogen-bond acceptors (Lipinski definition) is 3. The molecule has 6 heteroatoms. The molecule has 1 heterocycles. The zero-order valence-electron chi connectivity index (χ0n) is 13.8. The van der Waals surface area contributed by atoms with Crippen LogP contribution < -0.4 is 10.1 Å². The third kappa shape index (κ3) is 3.75. The van der Waals surface area contributed by atoms with Gasteiger partial charge in [-0.3, -0.25) is 4.79 Å². The van der Waals surface area contributed by atoms with E-state index in [-0.39, 0.29) is 18.6 Å². The maximum absolute atomic E-state index is 12.4. The molecule has 1 aromatic rings. The summed E-state index contributed by atoms with van der Waals surface area (Å²) < 4.78 is 5.59. The quantitative estimate of drug-likeness (QED) is 0.874. The van der Waals surface area contributed by atoms with Gasteiger partial charge < -0.3 is 20.1 Å². The lowest BCUT2D eigenvalue weighted by molar-refractivity contribution is -0.146. The first-order valence-electron chi connectivity index (χ1n) is 7.88. The van der Waals surface area contributed by atoms with E-state index in [1.807, 2.05) is 38.1 Å². The highest BCUT2D eigenvalue weighted by atomic mass is 16.5. The first-order chi connectivity index (χ1) is 10.9. The Kier molecular flexibility index (Phi) is 5.13. The number of likely N-dealkylation sites (tertiary alicyclic amines) is 1. The fraction of sp³-hybridized carbons (Fsp3) is 0.529. The summed E-state index contributed by atoms with van der Waals surface area (Å²) in [6.07, 6.45) is 0.472. The van der Waals surface area contributed by atoms with Crippen LogP contribution in [0.2, 0.25) is 0 Å². The Bertz CT molecular complexity index is 590. The van der Waals surface area contributed by atoms with Crippen LogP contribution in [0.15, 0.2) is 24.3 Å². The van der Waals surface area contributed by atoms with Crippen molar-refractivity contribution in [3.8, 4) is 5.75 Å². The molecule has 6 nitrogen and oxygen atoms in total. The van der Waals surface area contributed by atoms with Crippen molar-refractivity contribution in [3.05, 3.63) is 29.8 Å². The molecule has 0 aromatic heterocycles. The molecule has 0 radical (unpaired) electrons.